The van der Waals surface area contributed by atoms with E-state index in [1.165, 1.54) is 0 Å². The lowest BCUT2D eigenvalue weighted by molar-refractivity contribution is 0.978. The number of rotatable bonds is 4. The van der Waals surface area contributed by atoms with E-state index in [9.17, 15) is 0 Å². The van der Waals surface area contributed by atoms with Gasteiger partial charge in [0, 0.05) is 18.3 Å². The van der Waals surface area contributed by atoms with Gasteiger partial charge in [0.2, 0.25) is 0 Å². The zero-order valence-electron chi connectivity index (χ0n) is 9.18. The van der Waals surface area contributed by atoms with Crippen LogP contribution in [0.1, 0.15) is 11.3 Å². The molecule has 0 fully saturated rings. The molecule has 0 saturated carbocycles. The first-order valence-electron chi connectivity index (χ1n) is 5.20. The van der Waals surface area contributed by atoms with Crippen molar-refractivity contribution in [1.29, 1.82) is 5.26 Å². The molecular formula is C12H12N4S. The van der Waals surface area contributed by atoms with Crippen molar-refractivity contribution >= 4 is 22.7 Å². The maximum absolute atomic E-state index is 8.72. The first-order chi connectivity index (χ1) is 8.29. The zero-order valence-corrected chi connectivity index (χ0v) is 10.00. The van der Waals surface area contributed by atoms with E-state index in [2.05, 4.69) is 16.4 Å². The molecule has 1 heterocycles. The van der Waals surface area contributed by atoms with Crippen LogP contribution in [0.3, 0.4) is 0 Å². The molecule has 0 spiro atoms. The monoisotopic (exact) mass is 244 g/mol. The predicted molar refractivity (Wildman–Crippen MR) is 69.9 cm³/mol. The fraction of sp³-hybridized carbons (Fsp3) is 0.167. The fourth-order valence-corrected chi connectivity index (χ4v) is 2.07. The van der Waals surface area contributed by atoms with Crippen molar-refractivity contribution in [3.63, 3.8) is 0 Å². The highest BCUT2D eigenvalue weighted by molar-refractivity contribution is 7.07. The molecule has 86 valence electrons. The summed E-state index contributed by atoms with van der Waals surface area (Å²) in [7, 11) is 0. The van der Waals surface area contributed by atoms with Crippen molar-refractivity contribution in [2.45, 2.75) is 6.42 Å². The molecule has 0 bridgehead atoms. The second-order valence-corrected chi connectivity index (χ2v) is 4.29. The molecule has 3 N–H and O–H groups in total. The molecule has 4 nitrogen and oxygen atoms in total. The van der Waals surface area contributed by atoms with E-state index in [0.29, 0.717) is 11.3 Å². The minimum Gasteiger partial charge on any atom is -0.397 e. The standard InChI is InChI=1S/C12H12N4S/c13-6-9-1-2-12(11(14)5-9)15-4-3-10-7-17-8-16-10/h1-2,5,7-8,15H,3-4,14H2. The second-order valence-electron chi connectivity index (χ2n) is 3.57. The summed E-state index contributed by atoms with van der Waals surface area (Å²) in [4.78, 5) is 4.20. The third-order valence-electron chi connectivity index (χ3n) is 2.36. The molecule has 5 heteroatoms. The molecule has 0 radical (unpaired) electrons. The molecule has 17 heavy (non-hydrogen) atoms. The Hall–Kier alpha value is -2.06. The third kappa shape index (κ3) is 2.95. The molecular weight excluding hydrogens is 232 g/mol. The first kappa shape index (κ1) is 11.4. The lowest BCUT2D eigenvalue weighted by Gasteiger charge is -2.08. The van der Waals surface area contributed by atoms with Gasteiger partial charge in [-0.3, -0.25) is 0 Å². The lowest BCUT2D eigenvalue weighted by atomic mass is 10.2. The molecule has 0 aliphatic rings. The van der Waals surface area contributed by atoms with Gasteiger partial charge in [-0.1, -0.05) is 0 Å². The van der Waals surface area contributed by atoms with Gasteiger partial charge in [-0.15, -0.1) is 11.3 Å². The van der Waals surface area contributed by atoms with Crippen molar-refractivity contribution < 1.29 is 0 Å². The summed E-state index contributed by atoms with van der Waals surface area (Å²) in [5.74, 6) is 0. The molecule has 0 unspecified atom stereocenters. The average molecular weight is 244 g/mol. The van der Waals surface area contributed by atoms with Crippen LogP contribution in [-0.2, 0) is 6.42 Å². The highest BCUT2D eigenvalue weighted by Crippen LogP contribution is 2.19. The number of nitrogens with one attached hydrogen (secondary N) is 1. The molecule has 0 atom stereocenters. The predicted octanol–water partition coefficient (Wildman–Crippen LogP) is 2.25. The van der Waals surface area contributed by atoms with E-state index in [1.807, 2.05) is 17.0 Å². The summed E-state index contributed by atoms with van der Waals surface area (Å²) in [5, 5.41) is 14.0. The van der Waals surface area contributed by atoms with E-state index in [-0.39, 0.29) is 0 Å². The van der Waals surface area contributed by atoms with Crippen molar-refractivity contribution in [3.8, 4) is 6.07 Å². The Bertz CT molecular complexity index is 528. The molecule has 1 aromatic carbocycles. The van der Waals surface area contributed by atoms with Crippen LogP contribution in [0, 0.1) is 11.3 Å². The second kappa shape index (κ2) is 5.32. The molecule has 2 rings (SSSR count). The van der Waals surface area contributed by atoms with Crippen molar-refractivity contribution in [1.82, 2.24) is 4.98 Å². The van der Waals surface area contributed by atoms with Crippen LogP contribution in [0.15, 0.2) is 29.1 Å². The van der Waals surface area contributed by atoms with Crippen LogP contribution in [-0.4, -0.2) is 11.5 Å². The van der Waals surface area contributed by atoms with Gasteiger partial charge >= 0.3 is 0 Å². The Kier molecular flexibility index (Phi) is 3.58. The highest BCUT2D eigenvalue weighted by Gasteiger charge is 2.00. The quantitative estimate of drug-likeness (QED) is 0.809. The number of nitriles is 1. The maximum Gasteiger partial charge on any atom is 0.0992 e. The van der Waals surface area contributed by atoms with Crippen molar-refractivity contribution in [3.05, 3.63) is 40.3 Å². The number of nitrogens with zero attached hydrogens (tertiary/aromatic N) is 2. The van der Waals surface area contributed by atoms with E-state index in [1.54, 1.807) is 23.5 Å². The molecule has 0 amide bonds. The molecule has 0 aliphatic carbocycles. The fourth-order valence-electron chi connectivity index (χ4n) is 1.48. The largest absolute Gasteiger partial charge is 0.397 e. The van der Waals surface area contributed by atoms with E-state index in [4.69, 9.17) is 11.0 Å². The van der Waals surface area contributed by atoms with Gasteiger partial charge in [-0.2, -0.15) is 5.26 Å². The summed E-state index contributed by atoms with van der Waals surface area (Å²) in [6.45, 7) is 0.778. The third-order valence-corrected chi connectivity index (χ3v) is 3.00. The number of aromatic nitrogens is 1. The highest BCUT2D eigenvalue weighted by atomic mass is 32.1. The van der Waals surface area contributed by atoms with Gasteiger partial charge in [-0.25, -0.2) is 4.98 Å². The van der Waals surface area contributed by atoms with Gasteiger partial charge in [0.15, 0.2) is 0 Å². The Morgan fingerprint density at radius 3 is 3.00 bits per heavy atom. The number of benzene rings is 1. The number of hydrogen-bond donors (Lipinski definition) is 2. The van der Waals surface area contributed by atoms with Crippen LogP contribution >= 0.6 is 11.3 Å². The molecule has 0 saturated heterocycles. The molecule has 0 aliphatic heterocycles. The van der Waals surface area contributed by atoms with Gasteiger partial charge in [0.1, 0.15) is 0 Å². The van der Waals surface area contributed by atoms with Crippen LogP contribution in [0.25, 0.3) is 0 Å². The minimum atomic E-state index is 0.576. The van der Waals surface area contributed by atoms with Crippen LogP contribution in [0.2, 0.25) is 0 Å². The number of nitrogen functional groups attached to an aromatic ring is 1. The molecule has 2 aromatic rings. The van der Waals surface area contributed by atoms with Gasteiger partial charge in [-0.05, 0) is 18.2 Å². The van der Waals surface area contributed by atoms with Crippen LogP contribution < -0.4 is 11.1 Å². The first-order valence-corrected chi connectivity index (χ1v) is 6.14. The Labute approximate surface area is 104 Å². The Morgan fingerprint density at radius 2 is 2.35 bits per heavy atom. The Balaban J connectivity index is 1.93. The van der Waals surface area contributed by atoms with E-state index < -0.39 is 0 Å². The summed E-state index contributed by atoms with van der Waals surface area (Å²) < 4.78 is 0. The summed E-state index contributed by atoms with van der Waals surface area (Å²) >= 11 is 1.59. The van der Waals surface area contributed by atoms with Gasteiger partial charge in [0.05, 0.1) is 34.2 Å². The van der Waals surface area contributed by atoms with E-state index in [0.717, 1.165) is 24.3 Å². The normalized spacial score (nSPS) is 9.82. The molecule has 1 aromatic heterocycles. The minimum absolute atomic E-state index is 0.576. The summed E-state index contributed by atoms with van der Waals surface area (Å²) in [6, 6.07) is 7.31. The van der Waals surface area contributed by atoms with E-state index >= 15 is 0 Å². The van der Waals surface area contributed by atoms with Gasteiger partial charge in [0.25, 0.3) is 0 Å². The average Bonchev–Trinajstić information content (AvgIpc) is 2.84. The zero-order chi connectivity index (χ0) is 12.1. The summed E-state index contributed by atoms with van der Waals surface area (Å²) in [6.07, 6.45) is 0.864. The van der Waals surface area contributed by atoms with Crippen molar-refractivity contribution in [2.75, 3.05) is 17.6 Å². The SMILES string of the molecule is N#Cc1ccc(NCCc2cscn2)c(N)c1. The number of anilines is 2. The lowest BCUT2D eigenvalue weighted by Crippen LogP contribution is -2.07. The number of thiazole rings is 1. The van der Waals surface area contributed by atoms with Crippen molar-refractivity contribution in [2.24, 2.45) is 0 Å². The smallest absolute Gasteiger partial charge is 0.0992 e. The van der Waals surface area contributed by atoms with Crippen LogP contribution in [0.5, 0.6) is 0 Å². The topological polar surface area (TPSA) is 74.7 Å². The number of hydrogen-bond acceptors (Lipinski definition) is 5. The Morgan fingerprint density at radius 1 is 1.47 bits per heavy atom. The number of nitrogens with two attached hydrogens (primary N) is 1. The van der Waals surface area contributed by atoms with Gasteiger partial charge < -0.3 is 11.1 Å². The maximum atomic E-state index is 8.72. The van der Waals surface area contributed by atoms with Crippen LogP contribution in [0.4, 0.5) is 11.4 Å². The summed E-state index contributed by atoms with van der Waals surface area (Å²) in [5.41, 5.74) is 10.8.